The first kappa shape index (κ1) is 17.8. The highest BCUT2D eigenvalue weighted by Gasteiger charge is 2.51. The van der Waals surface area contributed by atoms with E-state index in [1.807, 2.05) is 12.1 Å². The summed E-state index contributed by atoms with van der Waals surface area (Å²) in [6, 6.07) is 19.4. The van der Waals surface area contributed by atoms with E-state index >= 15 is 0 Å². The molecule has 3 aromatic carbocycles. The summed E-state index contributed by atoms with van der Waals surface area (Å²) in [4.78, 5) is 0. The van der Waals surface area contributed by atoms with Gasteiger partial charge in [0.05, 0.1) is 0 Å². The zero-order valence-corrected chi connectivity index (χ0v) is 17.5. The van der Waals surface area contributed by atoms with Crippen molar-refractivity contribution < 1.29 is 5.11 Å². The van der Waals surface area contributed by atoms with Crippen molar-refractivity contribution in [2.75, 3.05) is 0 Å². The number of aromatic hydroxyl groups is 1. The van der Waals surface area contributed by atoms with Gasteiger partial charge in [-0.15, -0.1) is 0 Å². The van der Waals surface area contributed by atoms with Crippen molar-refractivity contribution >= 4 is 10.8 Å². The molecule has 0 saturated heterocycles. The van der Waals surface area contributed by atoms with Crippen LogP contribution in [0.15, 0.2) is 54.6 Å². The van der Waals surface area contributed by atoms with Crippen LogP contribution < -0.4 is 0 Å². The van der Waals surface area contributed by atoms with E-state index in [0.717, 1.165) is 18.2 Å². The van der Waals surface area contributed by atoms with Gasteiger partial charge >= 0.3 is 0 Å². The summed E-state index contributed by atoms with van der Waals surface area (Å²) < 4.78 is 0. The topological polar surface area (TPSA) is 20.2 Å². The number of phenols is 1. The molecular formula is C27H30O. The van der Waals surface area contributed by atoms with Crippen LogP contribution >= 0.6 is 0 Å². The maximum Gasteiger partial charge on any atom is 0.123 e. The first-order chi connectivity index (χ1) is 13.2. The Morgan fingerprint density at radius 2 is 1.29 bits per heavy atom. The molecule has 1 nitrogen and oxygen atoms in total. The van der Waals surface area contributed by atoms with Crippen LogP contribution in [0.1, 0.15) is 64.5 Å². The first-order valence-electron chi connectivity index (χ1n) is 10.6. The first-order valence-corrected chi connectivity index (χ1v) is 10.6. The number of phenolic OH excluding ortho intramolecular Hbond substituents is 1. The molecule has 1 fully saturated rings. The summed E-state index contributed by atoms with van der Waals surface area (Å²) in [5.74, 6) is 0.418. The standard InChI is InChI=1S/C27H30O/c1-25(2)13-14-26(3,4)17-27(16-25)21-12-8-7-11-20(21)24-19-10-6-5-9-18(19)23(28)15-22(24)27/h5-12,15,28H,13-14,16-17H2,1-4H3. The van der Waals surface area contributed by atoms with Gasteiger partial charge in [-0.1, -0.05) is 76.2 Å². The molecule has 3 aromatic rings. The predicted molar refractivity (Wildman–Crippen MR) is 118 cm³/mol. The molecule has 0 aromatic heterocycles. The average molecular weight is 371 g/mol. The lowest BCUT2D eigenvalue weighted by Crippen LogP contribution is -2.33. The summed E-state index contributed by atoms with van der Waals surface area (Å²) in [6.07, 6.45) is 4.76. The average Bonchev–Trinajstić information content (AvgIpc) is 2.83. The van der Waals surface area contributed by atoms with Crippen LogP contribution in [0.2, 0.25) is 0 Å². The maximum atomic E-state index is 11.0. The zero-order valence-electron chi connectivity index (χ0n) is 17.5. The van der Waals surface area contributed by atoms with E-state index in [4.69, 9.17) is 0 Å². The monoisotopic (exact) mass is 370 g/mol. The summed E-state index contributed by atoms with van der Waals surface area (Å²) in [5, 5.41) is 13.1. The van der Waals surface area contributed by atoms with Gasteiger partial charge in [-0.2, -0.15) is 0 Å². The third-order valence-electron chi connectivity index (χ3n) is 7.29. The maximum absolute atomic E-state index is 11.0. The van der Waals surface area contributed by atoms with E-state index < -0.39 is 0 Å². The summed E-state index contributed by atoms with van der Waals surface area (Å²) in [5.41, 5.74) is 6.02. The lowest BCUT2D eigenvalue weighted by molar-refractivity contribution is 0.255. The largest absolute Gasteiger partial charge is 0.507 e. The van der Waals surface area contributed by atoms with E-state index in [1.165, 1.54) is 40.5 Å². The molecule has 0 atom stereocenters. The highest BCUT2D eigenvalue weighted by atomic mass is 16.3. The van der Waals surface area contributed by atoms with Gasteiger partial charge in [0, 0.05) is 10.8 Å². The fourth-order valence-corrected chi connectivity index (χ4v) is 6.22. The molecule has 2 aliphatic rings. The Hall–Kier alpha value is -2.28. The van der Waals surface area contributed by atoms with Crippen LogP contribution in [0.4, 0.5) is 0 Å². The molecule has 0 unspecified atom stereocenters. The van der Waals surface area contributed by atoms with Crippen LogP contribution in [0.25, 0.3) is 21.9 Å². The zero-order chi connectivity index (χ0) is 19.7. The molecule has 5 rings (SSSR count). The Balaban J connectivity index is 1.91. The summed E-state index contributed by atoms with van der Waals surface area (Å²) >= 11 is 0. The van der Waals surface area contributed by atoms with Gasteiger partial charge in [-0.05, 0) is 70.2 Å². The molecule has 0 heterocycles. The Labute approximate surface area is 168 Å². The van der Waals surface area contributed by atoms with Crippen molar-refractivity contribution in [2.24, 2.45) is 10.8 Å². The molecular weight excluding hydrogens is 340 g/mol. The number of hydrogen-bond donors (Lipinski definition) is 1. The molecule has 28 heavy (non-hydrogen) atoms. The predicted octanol–water partition coefficient (Wildman–Crippen LogP) is 7.44. The molecule has 1 spiro atoms. The minimum atomic E-state index is -0.0308. The molecule has 0 amide bonds. The van der Waals surface area contributed by atoms with Crippen molar-refractivity contribution in [3.05, 3.63) is 65.7 Å². The van der Waals surface area contributed by atoms with Crippen LogP contribution in [0, 0.1) is 10.8 Å². The van der Waals surface area contributed by atoms with Gasteiger partial charge in [0.15, 0.2) is 0 Å². The highest BCUT2D eigenvalue weighted by molar-refractivity contribution is 6.05. The second-order valence-electron chi connectivity index (χ2n) is 10.7. The van der Waals surface area contributed by atoms with Crippen molar-refractivity contribution in [2.45, 2.75) is 58.8 Å². The number of benzene rings is 3. The quantitative estimate of drug-likeness (QED) is 0.436. The normalized spacial score (nSPS) is 21.3. The van der Waals surface area contributed by atoms with Gasteiger partial charge in [0.2, 0.25) is 0 Å². The second-order valence-corrected chi connectivity index (χ2v) is 10.7. The Morgan fingerprint density at radius 3 is 1.96 bits per heavy atom. The third kappa shape index (κ3) is 2.45. The Morgan fingerprint density at radius 1 is 0.714 bits per heavy atom. The van der Waals surface area contributed by atoms with Crippen LogP contribution in [-0.2, 0) is 5.41 Å². The van der Waals surface area contributed by atoms with E-state index in [-0.39, 0.29) is 16.2 Å². The molecule has 2 aliphatic carbocycles. The van der Waals surface area contributed by atoms with Gasteiger partial charge < -0.3 is 5.11 Å². The number of rotatable bonds is 0. The van der Waals surface area contributed by atoms with Gasteiger partial charge in [0.1, 0.15) is 5.75 Å². The van der Waals surface area contributed by atoms with E-state index in [9.17, 15) is 5.11 Å². The number of hydrogen-bond acceptors (Lipinski definition) is 1. The Kier molecular flexibility index (Phi) is 3.58. The van der Waals surface area contributed by atoms with E-state index in [1.54, 1.807) is 0 Å². The van der Waals surface area contributed by atoms with Gasteiger partial charge in [-0.3, -0.25) is 0 Å². The molecule has 144 valence electrons. The molecule has 1 saturated carbocycles. The van der Waals surface area contributed by atoms with Crippen molar-refractivity contribution in [3.63, 3.8) is 0 Å². The fourth-order valence-electron chi connectivity index (χ4n) is 6.22. The molecule has 0 bridgehead atoms. The number of fused-ring (bicyclic) bond motifs is 7. The van der Waals surface area contributed by atoms with Crippen LogP contribution in [0.3, 0.4) is 0 Å². The van der Waals surface area contributed by atoms with Crippen LogP contribution in [-0.4, -0.2) is 5.11 Å². The third-order valence-corrected chi connectivity index (χ3v) is 7.29. The van der Waals surface area contributed by atoms with Gasteiger partial charge in [0.25, 0.3) is 0 Å². The highest BCUT2D eigenvalue weighted by Crippen LogP contribution is 2.62. The van der Waals surface area contributed by atoms with E-state index in [2.05, 4.69) is 70.2 Å². The van der Waals surface area contributed by atoms with Gasteiger partial charge in [-0.25, -0.2) is 0 Å². The van der Waals surface area contributed by atoms with Crippen molar-refractivity contribution in [1.29, 1.82) is 0 Å². The molecule has 0 aliphatic heterocycles. The lowest BCUT2D eigenvalue weighted by atomic mass is 9.64. The van der Waals surface area contributed by atoms with Crippen molar-refractivity contribution in [1.82, 2.24) is 0 Å². The fraction of sp³-hybridized carbons (Fsp3) is 0.407. The summed E-state index contributed by atoms with van der Waals surface area (Å²) in [6.45, 7) is 9.71. The second kappa shape index (κ2) is 5.63. The minimum absolute atomic E-state index is 0.0308. The van der Waals surface area contributed by atoms with E-state index in [0.29, 0.717) is 5.75 Å². The van der Waals surface area contributed by atoms with Crippen molar-refractivity contribution in [3.8, 4) is 16.9 Å². The molecule has 1 heteroatoms. The van der Waals surface area contributed by atoms with Crippen LogP contribution in [0.5, 0.6) is 5.75 Å². The molecule has 0 radical (unpaired) electrons. The molecule has 1 N–H and O–H groups in total. The lowest BCUT2D eigenvalue weighted by Gasteiger charge is -2.39. The summed E-state index contributed by atoms with van der Waals surface area (Å²) in [7, 11) is 0. The SMILES string of the molecule is CC1(C)CCC(C)(C)CC2(C1)c1ccccc1-c1c2cc(O)c2ccccc12. The minimum Gasteiger partial charge on any atom is -0.507 e. The smallest absolute Gasteiger partial charge is 0.123 e. The Bertz CT molecular complexity index is 1070.